The van der Waals surface area contributed by atoms with Crippen LogP contribution in [-0.4, -0.2) is 52.1 Å². The van der Waals surface area contributed by atoms with Gasteiger partial charge in [0.15, 0.2) is 0 Å². The van der Waals surface area contributed by atoms with E-state index in [1.165, 1.54) is 11.5 Å². The highest BCUT2D eigenvalue weighted by molar-refractivity contribution is 7.07. The van der Waals surface area contributed by atoms with Crippen molar-refractivity contribution in [3.05, 3.63) is 23.1 Å². The summed E-state index contributed by atoms with van der Waals surface area (Å²) in [6.07, 6.45) is 4.50. The van der Waals surface area contributed by atoms with Crippen LogP contribution < -0.4 is 4.90 Å². The van der Waals surface area contributed by atoms with E-state index in [1.54, 1.807) is 4.90 Å². The fourth-order valence-corrected chi connectivity index (χ4v) is 2.90. The van der Waals surface area contributed by atoms with E-state index in [4.69, 9.17) is 10.2 Å². The summed E-state index contributed by atoms with van der Waals surface area (Å²) >= 11 is 1.44. The molecule has 0 bridgehead atoms. The van der Waals surface area contributed by atoms with Gasteiger partial charge in [-0.3, -0.25) is 4.90 Å². The third-order valence-electron chi connectivity index (χ3n) is 3.20. The lowest BCUT2D eigenvalue weighted by Crippen LogP contribution is -2.50. The molecule has 1 fully saturated rings. The largest absolute Gasteiger partial charge is 0.356 e. The summed E-state index contributed by atoms with van der Waals surface area (Å²) in [4.78, 5) is 4.88. The minimum atomic E-state index is -1.36. The van der Waals surface area contributed by atoms with Crippen molar-refractivity contribution in [1.82, 2.24) is 9.27 Å². The van der Waals surface area contributed by atoms with Gasteiger partial charge in [-0.25, -0.2) is 0 Å². The van der Waals surface area contributed by atoms with Gasteiger partial charge < -0.3 is 15.1 Å². The number of aliphatic hydroxyl groups is 2. The fraction of sp³-hybridized carbons (Fsp3) is 0.462. The van der Waals surface area contributed by atoms with Crippen molar-refractivity contribution >= 4 is 29.5 Å². The fourth-order valence-electron chi connectivity index (χ4n) is 2.16. The van der Waals surface area contributed by atoms with Crippen molar-refractivity contribution in [2.45, 2.75) is 13.3 Å². The van der Waals surface area contributed by atoms with Gasteiger partial charge in [0, 0.05) is 31.7 Å². The van der Waals surface area contributed by atoms with Gasteiger partial charge in [0.2, 0.25) is 6.41 Å². The van der Waals surface area contributed by atoms with Crippen molar-refractivity contribution in [2.24, 2.45) is 0 Å². The lowest BCUT2D eigenvalue weighted by molar-refractivity contribution is -0.155. The van der Waals surface area contributed by atoms with Gasteiger partial charge in [-0.2, -0.15) is 4.37 Å². The maximum absolute atomic E-state index is 9.14. The third kappa shape index (κ3) is 3.03. The van der Waals surface area contributed by atoms with Crippen LogP contribution in [0, 0.1) is 0 Å². The summed E-state index contributed by atoms with van der Waals surface area (Å²) in [5.74, 6) is 0.963. The average Bonchev–Trinajstić information content (AvgIpc) is 2.82. The maximum atomic E-state index is 9.14. The van der Waals surface area contributed by atoms with Gasteiger partial charge in [0.05, 0.1) is 4.88 Å². The molecule has 6 heteroatoms. The Kier molecular flexibility index (Phi) is 4.71. The molecule has 1 saturated heterocycles. The number of allylic oxidation sites excluding steroid dienone is 1. The second-order valence-electron chi connectivity index (χ2n) is 4.36. The van der Waals surface area contributed by atoms with Crippen LogP contribution in [0.2, 0.25) is 0 Å². The summed E-state index contributed by atoms with van der Waals surface area (Å²) in [6.45, 7) is 8.51. The molecule has 5 nitrogen and oxygen atoms in total. The first-order chi connectivity index (χ1) is 9.17. The van der Waals surface area contributed by atoms with Gasteiger partial charge in [-0.1, -0.05) is 18.7 Å². The number of aliphatic hydroxyl groups excluding tert-OH is 1. The molecule has 0 saturated carbocycles. The smallest absolute Gasteiger partial charge is 0.213 e. The zero-order chi connectivity index (χ0) is 13.8. The molecule has 0 amide bonds. The highest BCUT2D eigenvalue weighted by atomic mass is 32.1. The molecule has 0 atom stereocenters. The SMILES string of the molecule is C=Cc1snc(N2CCN(C(O)O)CC2)c1/C=C\C. The Bertz CT molecular complexity index is 462. The van der Waals surface area contributed by atoms with Crippen molar-refractivity contribution in [3.63, 3.8) is 0 Å². The summed E-state index contributed by atoms with van der Waals surface area (Å²) in [5, 5.41) is 18.3. The molecule has 0 aromatic carbocycles. The van der Waals surface area contributed by atoms with E-state index < -0.39 is 6.41 Å². The van der Waals surface area contributed by atoms with Crippen LogP contribution in [0.1, 0.15) is 17.4 Å². The predicted molar refractivity (Wildman–Crippen MR) is 78.9 cm³/mol. The Balaban J connectivity index is 2.15. The van der Waals surface area contributed by atoms with E-state index in [0.717, 1.165) is 29.3 Å². The van der Waals surface area contributed by atoms with Crippen LogP contribution >= 0.6 is 11.5 Å². The van der Waals surface area contributed by atoms with Gasteiger partial charge in [-0.05, 0) is 24.5 Å². The number of rotatable bonds is 4. The van der Waals surface area contributed by atoms with Gasteiger partial charge in [0.25, 0.3) is 0 Å². The number of anilines is 1. The molecule has 2 N–H and O–H groups in total. The molecule has 2 rings (SSSR count). The zero-order valence-corrected chi connectivity index (χ0v) is 11.8. The summed E-state index contributed by atoms with van der Waals surface area (Å²) in [7, 11) is 0. The first kappa shape index (κ1) is 14.2. The quantitative estimate of drug-likeness (QED) is 0.812. The van der Waals surface area contributed by atoms with E-state index >= 15 is 0 Å². The van der Waals surface area contributed by atoms with Crippen molar-refractivity contribution < 1.29 is 10.2 Å². The van der Waals surface area contributed by atoms with Gasteiger partial charge in [-0.15, -0.1) is 0 Å². The van der Waals surface area contributed by atoms with Gasteiger partial charge >= 0.3 is 0 Å². The van der Waals surface area contributed by atoms with Crippen LogP contribution in [0.15, 0.2) is 12.7 Å². The third-order valence-corrected chi connectivity index (χ3v) is 4.04. The van der Waals surface area contributed by atoms with E-state index in [9.17, 15) is 0 Å². The molecule has 0 radical (unpaired) electrons. The molecule has 1 aromatic heterocycles. The van der Waals surface area contributed by atoms with Crippen LogP contribution in [0.5, 0.6) is 0 Å². The monoisotopic (exact) mass is 281 g/mol. The summed E-state index contributed by atoms with van der Waals surface area (Å²) in [5.41, 5.74) is 1.10. The Hall–Kier alpha value is -1.21. The Labute approximate surface area is 117 Å². The molecule has 104 valence electrons. The number of hydrogen-bond donors (Lipinski definition) is 2. The van der Waals surface area contributed by atoms with E-state index in [-0.39, 0.29) is 0 Å². The second-order valence-corrected chi connectivity index (χ2v) is 5.16. The molecule has 1 aliphatic heterocycles. The minimum absolute atomic E-state index is 0.619. The lowest BCUT2D eigenvalue weighted by atomic mass is 10.2. The van der Waals surface area contributed by atoms with Crippen LogP contribution in [-0.2, 0) is 0 Å². The number of hydrogen-bond acceptors (Lipinski definition) is 6. The second kappa shape index (κ2) is 6.29. The standard InChI is InChI=1S/C13H19N3O2S/c1-3-5-10-11(4-2)19-14-12(10)15-6-8-16(9-7-15)13(17)18/h3-5,13,17-18H,2,6-9H2,1H3/b5-3-. The van der Waals surface area contributed by atoms with Crippen molar-refractivity contribution in [2.75, 3.05) is 31.1 Å². The van der Waals surface area contributed by atoms with Crippen LogP contribution in [0.4, 0.5) is 5.82 Å². The molecule has 1 aliphatic rings. The highest BCUT2D eigenvalue weighted by Crippen LogP contribution is 2.29. The summed E-state index contributed by atoms with van der Waals surface area (Å²) in [6, 6.07) is 0. The molecule has 19 heavy (non-hydrogen) atoms. The first-order valence-corrected chi connectivity index (χ1v) is 7.04. The molecule has 0 unspecified atom stereocenters. The van der Waals surface area contributed by atoms with Crippen molar-refractivity contribution in [1.29, 1.82) is 0 Å². The topological polar surface area (TPSA) is 59.8 Å². The predicted octanol–water partition coefficient (Wildman–Crippen LogP) is 1.21. The Morgan fingerprint density at radius 1 is 1.32 bits per heavy atom. The average molecular weight is 281 g/mol. The first-order valence-electron chi connectivity index (χ1n) is 6.27. The van der Waals surface area contributed by atoms with E-state index in [1.807, 2.05) is 25.2 Å². The molecule has 2 heterocycles. The molecule has 0 spiro atoms. The summed E-state index contributed by atoms with van der Waals surface area (Å²) < 4.78 is 4.50. The van der Waals surface area contributed by atoms with E-state index in [2.05, 4.69) is 15.9 Å². The highest BCUT2D eigenvalue weighted by Gasteiger charge is 2.24. The zero-order valence-electron chi connectivity index (χ0n) is 11.0. The van der Waals surface area contributed by atoms with Gasteiger partial charge in [0.1, 0.15) is 5.82 Å². The minimum Gasteiger partial charge on any atom is -0.356 e. The van der Waals surface area contributed by atoms with Crippen LogP contribution in [0.3, 0.4) is 0 Å². The van der Waals surface area contributed by atoms with Crippen LogP contribution in [0.25, 0.3) is 12.2 Å². The van der Waals surface area contributed by atoms with E-state index in [0.29, 0.717) is 13.1 Å². The molecule has 0 aliphatic carbocycles. The molecular weight excluding hydrogens is 262 g/mol. The lowest BCUT2D eigenvalue weighted by Gasteiger charge is -2.35. The Morgan fingerprint density at radius 3 is 2.53 bits per heavy atom. The normalized spacial score (nSPS) is 17.6. The number of aromatic nitrogens is 1. The number of piperazine rings is 1. The molecular formula is C13H19N3O2S. The molecule has 1 aromatic rings. The van der Waals surface area contributed by atoms with Crippen molar-refractivity contribution in [3.8, 4) is 0 Å². The number of nitrogens with zero attached hydrogens (tertiary/aromatic N) is 3. The Morgan fingerprint density at radius 2 is 2.00 bits per heavy atom. The maximum Gasteiger partial charge on any atom is 0.213 e.